The van der Waals surface area contributed by atoms with Gasteiger partial charge in [-0.05, 0) is 26.0 Å². The summed E-state index contributed by atoms with van der Waals surface area (Å²) in [5, 5.41) is 2.97. The van der Waals surface area contributed by atoms with Gasteiger partial charge in [-0.25, -0.2) is 4.79 Å². The van der Waals surface area contributed by atoms with E-state index in [-0.39, 0.29) is 12.5 Å². The highest BCUT2D eigenvalue weighted by molar-refractivity contribution is 5.81. The first-order valence-corrected chi connectivity index (χ1v) is 5.42. The van der Waals surface area contributed by atoms with Crippen LogP contribution in [-0.4, -0.2) is 24.1 Å². The summed E-state index contributed by atoms with van der Waals surface area (Å²) in [6.45, 7) is 4.06. The molecule has 0 aromatic carbocycles. The van der Waals surface area contributed by atoms with Gasteiger partial charge in [-0.2, -0.15) is 0 Å². The van der Waals surface area contributed by atoms with E-state index in [1.165, 1.54) is 0 Å². The van der Waals surface area contributed by atoms with Crippen molar-refractivity contribution in [2.45, 2.75) is 19.4 Å². The van der Waals surface area contributed by atoms with Crippen LogP contribution in [0.25, 0.3) is 0 Å². The fraction of sp³-hybridized carbons (Fsp3) is 0.385. The third-order valence-electron chi connectivity index (χ3n) is 2.40. The summed E-state index contributed by atoms with van der Waals surface area (Å²) in [5.74, 6) is 2.06. The van der Waals surface area contributed by atoms with E-state index in [1.54, 1.807) is 32.2 Å². The standard InChI is InChI=1S/C13H16N2O2/c1-4-9-15-13(3,12(16)17-5-2)11-8-6-7-10-14-11/h1,6-8,10,15H,5,9H2,2-3H3. The van der Waals surface area contributed by atoms with Gasteiger partial charge in [0.25, 0.3) is 0 Å². The molecule has 1 atom stereocenters. The lowest BCUT2D eigenvalue weighted by molar-refractivity contribution is -0.151. The second kappa shape index (κ2) is 6.02. The highest BCUT2D eigenvalue weighted by atomic mass is 16.5. The van der Waals surface area contributed by atoms with Gasteiger partial charge in [-0.15, -0.1) is 6.42 Å². The third-order valence-corrected chi connectivity index (χ3v) is 2.40. The average molecular weight is 232 g/mol. The Balaban J connectivity index is 3.02. The predicted octanol–water partition coefficient (Wildman–Crippen LogP) is 1.08. The number of pyridine rings is 1. The van der Waals surface area contributed by atoms with Crippen molar-refractivity contribution in [2.24, 2.45) is 0 Å². The van der Waals surface area contributed by atoms with E-state index in [1.807, 2.05) is 6.07 Å². The molecule has 90 valence electrons. The zero-order chi connectivity index (χ0) is 12.7. The number of nitrogens with one attached hydrogen (secondary N) is 1. The van der Waals surface area contributed by atoms with Crippen LogP contribution in [0.2, 0.25) is 0 Å². The summed E-state index contributed by atoms with van der Waals surface area (Å²) in [7, 11) is 0. The van der Waals surface area contributed by atoms with Crippen molar-refractivity contribution in [3.63, 3.8) is 0 Å². The largest absolute Gasteiger partial charge is 0.464 e. The first-order valence-electron chi connectivity index (χ1n) is 5.42. The molecule has 0 aliphatic carbocycles. The van der Waals surface area contributed by atoms with Gasteiger partial charge in [-0.3, -0.25) is 10.3 Å². The van der Waals surface area contributed by atoms with Crippen molar-refractivity contribution in [3.8, 4) is 12.3 Å². The van der Waals surface area contributed by atoms with Crippen LogP contribution in [0.1, 0.15) is 19.5 Å². The highest BCUT2D eigenvalue weighted by Gasteiger charge is 2.37. The molecule has 0 spiro atoms. The second-order valence-electron chi connectivity index (χ2n) is 3.62. The number of rotatable bonds is 5. The molecule has 17 heavy (non-hydrogen) atoms. The topological polar surface area (TPSA) is 51.2 Å². The number of aromatic nitrogens is 1. The van der Waals surface area contributed by atoms with Crippen molar-refractivity contribution in [1.82, 2.24) is 10.3 Å². The zero-order valence-corrected chi connectivity index (χ0v) is 10.1. The van der Waals surface area contributed by atoms with Crippen molar-refractivity contribution in [1.29, 1.82) is 0 Å². The van der Waals surface area contributed by atoms with Crippen molar-refractivity contribution < 1.29 is 9.53 Å². The number of nitrogens with zero attached hydrogens (tertiary/aromatic N) is 1. The Labute approximate surface area is 101 Å². The van der Waals surface area contributed by atoms with E-state index in [0.29, 0.717) is 12.3 Å². The van der Waals surface area contributed by atoms with Gasteiger partial charge in [0, 0.05) is 6.20 Å². The number of carbonyl (C=O) groups excluding carboxylic acids is 1. The van der Waals surface area contributed by atoms with E-state index in [9.17, 15) is 4.79 Å². The molecule has 1 heterocycles. The van der Waals surface area contributed by atoms with Crippen LogP contribution in [0.3, 0.4) is 0 Å². The summed E-state index contributed by atoms with van der Waals surface area (Å²) in [6.07, 6.45) is 6.83. The van der Waals surface area contributed by atoms with Gasteiger partial charge < -0.3 is 4.74 Å². The highest BCUT2D eigenvalue weighted by Crippen LogP contribution is 2.19. The van der Waals surface area contributed by atoms with E-state index >= 15 is 0 Å². The minimum Gasteiger partial charge on any atom is -0.464 e. The Kier molecular flexibility index (Phi) is 4.68. The van der Waals surface area contributed by atoms with Crippen LogP contribution >= 0.6 is 0 Å². The Bertz CT molecular complexity index is 411. The zero-order valence-electron chi connectivity index (χ0n) is 10.1. The smallest absolute Gasteiger partial charge is 0.332 e. The Morgan fingerprint density at radius 2 is 2.41 bits per heavy atom. The van der Waals surface area contributed by atoms with Crippen LogP contribution in [0.15, 0.2) is 24.4 Å². The molecule has 1 unspecified atom stereocenters. The number of carbonyl (C=O) groups is 1. The number of hydrogen-bond donors (Lipinski definition) is 1. The molecule has 1 aromatic rings. The fourth-order valence-corrected chi connectivity index (χ4v) is 1.43. The number of ether oxygens (including phenoxy) is 1. The molecule has 0 amide bonds. The number of hydrogen-bond acceptors (Lipinski definition) is 4. The molecular formula is C13H16N2O2. The summed E-state index contributed by atoms with van der Waals surface area (Å²) in [4.78, 5) is 16.2. The minimum absolute atomic E-state index is 0.270. The molecule has 0 saturated heterocycles. The number of esters is 1. The normalized spacial score (nSPS) is 13.5. The average Bonchev–Trinajstić information content (AvgIpc) is 2.37. The molecule has 1 aromatic heterocycles. The predicted molar refractivity (Wildman–Crippen MR) is 65.1 cm³/mol. The molecule has 1 N–H and O–H groups in total. The van der Waals surface area contributed by atoms with Crippen LogP contribution in [-0.2, 0) is 15.1 Å². The summed E-state index contributed by atoms with van der Waals surface area (Å²) in [5.41, 5.74) is -0.419. The van der Waals surface area contributed by atoms with Crippen molar-refractivity contribution in [2.75, 3.05) is 13.2 Å². The van der Waals surface area contributed by atoms with E-state index in [2.05, 4.69) is 16.2 Å². The number of terminal acetylenes is 1. The SMILES string of the molecule is C#CCNC(C)(C(=O)OCC)c1ccccn1. The Morgan fingerprint density at radius 1 is 1.65 bits per heavy atom. The third kappa shape index (κ3) is 3.05. The summed E-state index contributed by atoms with van der Waals surface area (Å²) in [6, 6.07) is 5.37. The molecular weight excluding hydrogens is 216 g/mol. The van der Waals surface area contributed by atoms with Crippen LogP contribution in [0.4, 0.5) is 0 Å². The molecule has 1 rings (SSSR count). The van der Waals surface area contributed by atoms with Crippen molar-refractivity contribution >= 4 is 5.97 Å². The van der Waals surface area contributed by atoms with Gasteiger partial charge in [0.1, 0.15) is 0 Å². The fourth-order valence-electron chi connectivity index (χ4n) is 1.43. The molecule has 0 bridgehead atoms. The lowest BCUT2D eigenvalue weighted by atomic mass is 9.97. The van der Waals surface area contributed by atoms with Gasteiger partial charge in [0.2, 0.25) is 0 Å². The Hall–Kier alpha value is -1.86. The van der Waals surface area contributed by atoms with Gasteiger partial charge in [0.05, 0.1) is 18.8 Å². The lowest BCUT2D eigenvalue weighted by Crippen LogP contribution is -2.48. The molecule has 0 aliphatic rings. The van der Waals surface area contributed by atoms with Crippen molar-refractivity contribution in [3.05, 3.63) is 30.1 Å². The first kappa shape index (κ1) is 13.2. The van der Waals surface area contributed by atoms with Gasteiger partial charge in [-0.1, -0.05) is 12.0 Å². The molecule has 0 fully saturated rings. The molecule has 0 saturated carbocycles. The van der Waals surface area contributed by atoms with Crippen LogP contribution in [0.5, 0.6) is 0 Å². The van der Waals surface area contributed by atoms with Crippen LogP contribution < -0.4 is 5.32 Å². The van der Waals surface area contributed by atoms with E-state index in [4.69, 9.17) is 11.2 Å². The second-order valence-corrected chi connectivity index (χ2v) is 3.62. The first-order chi connectivity index (χ1) is 8.15. The summed E-state index contributed by atoms with van der Waals surface area (Å²) < 4.78 is 5.05. The summed E-state index contributed by atoms with van der Waals surface area (Å²) >= 11 is 0. The molecule has 4 nitrogen and oxygen atoms in total. The van der Waals surface area contributed by atoms with Gasteiger partial charge in [0.15, 0.2) is 5.54 Å². The Morgan fingerprint density at radius 3 is 2.94 bits per heavy atom. The van der Waals surface area contributed by atoms with Gasteiger partial charge >= 0.3 is 5.97 Å². The molecule has 0 radical (unpaired) electrons. The van der Waals surface area contributed by atoms with E-state index < -0.39 is 5.54 Å². The minimum atomic E-state index is -1.01. The maximum absolute atomic E-state index is 12.0. The van der Waals surface area contributed by atoms with Crippen LogP contribution in [0, 0.1) is 12.3 Å². The molecule has 0 aliphatic heterocycles. The maximum Gasteiger partial charge on any atom is 0.332 e. The maximum atomic E-state index is 12.0. The monoisotopic (exact) mass is 232 g/mol. The lowest BCUT2D eigenvalue weighted by Gasteiger charge is -2.27. The quantitative estimate of drug-likeness (QED) is 0.609. The van der Waals surface area contributed by atoms with E-state index in [0.717, 1.165) is 0 Å². The molecule has 4 heteroatoms.